The van der Waals surface area contributed by atoms with Gasteiger partial charge in [0, 0.05) is 29.0 Å². The van der Waals surface area contributed by atoms with Crippen LogP contribution in [-0.2, 0) is 0 Å². The van der Waals surface area contributed by atoms with Crippen molar-refractivity contribution in [3.63, 3.8) is 0 Å². The van der Waals surface area contributed by atoms with E-state index in [0.717, 1.165) is 17.1 Å². The largest absolute Gasteiger partial charge is 0.497 e. The molecule has 0 fully saturated rings. The number of nitrogens with zero attached hydrogens (tertiary/aromatic N) is 1. The molecule has 0 bridgehead atoms. The van der Waals surface area contributed by atoms with Gasteiger partial charge in [-0.1, -0.05) is 6.07 Å². The number of rotatable bonds is 4. The van der Waals surface area contributed by atoms with Crippen molar-refractivity contribution in [3.8, 4) is 5.75 Å². The highest BCUT2D eigenvalue weighted by molar-refractivity contribution is 9.10. The summed E-state index contributed by atoms with van der Waals surface area (Å²) >= 11 is 3.28. The second-order valence-corrected chi connectivity index (χ2v) is 5.08. The highest BCUT2D eigenvalue weighted by Crippen LogP contribution is 2.30. The molecule has 2 rings (SSSR count). The van der Waals surface area contributed by atoms with Gasteiger partial charge in [-0.3, -0.25) is 0 Å². The molecule has 0 aliphatic rings. The van der Waals surface area contributed by atoms with Gasteiger partial charge in [0.1, 0.15) is 5.75 Å². The van der Waals surface area contributed by atoms with Gasteiger partial charge in [0.05, 0.1) is 12.7 Å². The molecule has 20 heavy (non-hydrogen) atoms. The summed E-state index contributed by atoms with van der Waals surface area (Å²) < 4.78 is 5.75. The SMILES string of the molecule is COc1cccc(N(C)c2ccc(C(=O)O)c(Br)c2)c1. The molecule has 0 heterocycles. The number of carbonyl (C=O) groups is 1. The van der Waals surface area contributed by atoms with Crippen molar-refractivity contribution in [1.82, 2.24) is 0 Å². The van der Waals surface area contributed by atoms with Crippen molar-refractivity contribution in [3.05, 3.63) is 52.5 Å². The quantitative estimate of drug-likeness (QED) is 0.919. The third kappa shape index (κ3) is 2.93. The summed E-state index contributed by atoms with van der Waals surface area (Å²) in [6.45, 7) is 0. The van der Waals surface area contributed by atoms with E-state index in [1.807, 2.05) is 36.2 Å². The first kappa shape index (κ1) is 14.4. The topological polar surface area (TPSA) is 49.8 Å². The fraction of sp³-hybridized carbons (Fsp3) is 0.133. The molecular formula is C15H14BrNO3. The van der Waals surface area contributed by atoms with Gasteiger partial charge >= 0.3 is 5.97 Å². The Bertz CT molecular complexity index is 643. The summed E-state index contributed by atoms with van der Waals surface area (Å²) in [5.41, 5.74) is 2.09. The predicted octanol–water partition coefficient (Wildman–Crippen LogP) is 3.92. The highest BCUT2D eigenvalue weighted by Gasteiger charge is 2.11. The van der Waals surface area contributed by atoms with Crippen molar-refractivity contribution in [2.45, 2.75) is 0 Å². The fourth-order valence-electron chi connectivity index (χ4n) is 1.85. The summed E-state index contributed by atoms with van der Waals surface area (Å²) in [4.78, 5) is 13.0. The molecule has 0 atom stereocenters. The normalized spacial score (nSPS) is 10.2. The number of halogens is 1. The van der Waals surface area contributed by atoms with Crippen LogP contribution in [-0.4, -0.2) is 25.2 Å². The number of carboxylic acids is 1. The average molecular weight is 336 g/mol. The lowest BCUT2D eigenvalue weighted by Gasteiger charge is -2.20. The number of aromatic carboxylic acids is 1. The first-order valence-electron chi connectivity index (χ1n) is 5.93. The van der Waals surface area contributed by atoms with Crippen molar-refractivity contribution in [1.29, 1.82) is 0 Å². The molecule has 0 saturated heterocycles. The molecule has 1 N–H and O–H groups in total. The lowest BCUT2D eigenvalue weighted by Crippen LogP contribution is -2.10. The predicted molar refractivity (Wildman–Crippen MR) is 82.2 cm³/mol. The van der Waals surface area contributed by atoms with Gasteiger partial charge < -0.3 is 14.7 Å². The standard InChI is InChI=1S/C15H14BrNO3/c1-17(10-4-3-5-12(8-10)20-2)11-6-7-13(15(18)19)14(16)9-11/h3-9H,1-2H3,(H,18,19). The van der Waals surface area contributed by atoms with E-state index in [-0.39, 0.29) is 5.56 Å². The van der Waals surface area contributed by atoms with Crippen LogP contribution in [0.2, 0.25) is 0 Å². The van der Waals surface area contributed by atoms with E-state index >= 15 is 0 Å². The smallest absolute Gasteiger partial charge is 0.336 e. The third-order valence-corrected chi connectivity index (χ3v) is 3.67. The van der Waals surface area contributed by atoms with Gasteiger partial charge in [-0.05, 0) is 46.3 Å². The molecule has 5 heteroatoms. The van der Waals surface area contributed by atoms with Crippen LogP contribution in [0.25, 0.3) is 0 Å². The summed E-state index contributed by atoms with van der Waals surface area (Å²) in [6.07, 6.45) is 0. The molecule has 0 amide bonds. The molecular weight excluding hydrogens is 322 g/mol. The molecule has 4 nitrogen and oxygen atoms in total. The number of anilines is 2. The van der Waals surface area contributed by atoms with E-state index in [1.54, 1.807) is 25.3 Å². The maximum Gasteiger partial charge on any atom is 0.336 e. The Labute approximate surface area is 125 Å². The molecule has 2 aromatic rings. The molecule has 0 radical (unpaired) electrons. The van der Waals surface area contributed by atoms with Gasteiger partial charge in [0.25, 0.3) is 0 Å². The van der Waals surface area contributed by atoms with Gasteiger partial charge in [0.2, 0.25) is 0 Å². The Morgan fingerprint density at radius 1 is 1.20 bits per heavy atom. The maximum atomic E-state index is 11.0. The lowest BCUT2D eigenvalue weighted by molar-refractivity contribution is 0.0696. The van der Waals surface area contributed by atoms with Gasteiger partial charge in [-0.2, -0.15) is 0 Å². The number of methoxy groups -OCH3 is 1. The first-order valence-corrected chi connectivity index (χ1v) is 6.73. The second kappa shape index (κ2) is 5.96. The van der Waals surface area contributed by atoms with Crippen molar-refractivity contribution in [2.75, 3.05) is 19.1 Å². The highest BCUT2D eigenvalue weighted by atomic mass is 79.9. The Kier molecular flexibility index (Phi) is 4.29. The van der Waals surface area contributed by atoms with Gasteiger partial charge in [0.15, 0.2) is 0 Å². The molecule has 0 saturated carbocycles. The lowest BCUT2D eigenvalue weighted by atomic mass is 10.2. The van der Waals surface area contributed by atoms with Crippen LogP contribution in [0, 0.1) is 0 Å². The van der Waals surface area contributed by atoms with E-state index in [2.05, 4.69) is 15.9 Å². The Morgan fingerprint density at radius 2 is 1.90 bits per heavy atom. The van der Waals surface area contributed by atoms with E-state index in [0.29, 0.717) is 4.47 Å². The maximum absolute atomic E-state index is 11.0. The second-order valence-electron chi connectivity index (χ2n) is 4.23. The Morgan fingerprint density at radius 3 is 2.50 bits per heavy atom. The van der Waals surface area contributed by atoms with Crippen LogP contribution in [0.3, 0.4) is 0 Å². The zero-order valence-corrected chi connectivity index (χ0v) is 12.7. The monoisotopic (exact) mass is 335 g/mol. The minimum absolute atomic E-state index is 0.243. The molecule has 0 unspecified atom stereocenters. The molecule has 0 spiro atoms. The van der Waals surface area contributed by atoms with Crippen LogP contribution in [0.15, 0.2) is 46.9 Å². The number of hydrogen-bond acceptors (Lipinski definition) is 3. The van der Waals surface area contributed by atoms with E-state index < -0.39 is 5.97 Å². The van der Waals surface area contributed by atoms with E-state index in [1.165, 1.54) is 0 Å². The zero-order valence-electron chi connectivity index (χ0n) is 11.1. The minimum atomic E-state index is -0.951. The van der Waals surface area contributed by atoms with Crippen LogP contribution < -0.4 is 9.64 Å². The summed E-state index contributed by atoms with van der Waals surface area (Å²) in [5, 5.41) is 9.02. The summed E-state index contributed by atoms with van der Waals surface area (Å²) in [6, 6.07) is 12.8. The van der Waals surface area contributed by atoms with Gasteiger partial charge in [-0.15, -0.1) is 0 Å². The molecule has 2 aromatic carbocycles. The Hall–Kier alpha value is -2.01. The van der Waals surface area contributed by atoms with Crippen molar-refractivity contribution in [2.24, 2.45) is 0 Å². The number of ether oxygens (including phenoxy) is 1. The molecule has 104 valence electrons. The Balaban J connectivity index is 2.35. The van der Waals surface area contributed by atoms with Crippen LogP contribution in [0.1, 0.15) is 10.4 Å². The fourth-order valence-corrected chi connectivity index (χ4v) is 2.39. The average Bonchev–Trinajstić information content (AvgIpc) is 2.46. The molecule has 0 aliphatic heterocycles. The van der Waals surface area contributed by atoms with Crippen molar-refractivity contribution < 1.29 is 14.6 Å². The summed E-state index contributed by atoms with van der Waals surface area (Å²) in [5.74, 6) is -0.178. The first-order chi connectivity index (χ1) is 9.52. The number of hydrogen-bond donors (Lipinski definition) is 1. The van der Waals surface area contributed by atoms with Gasteiger partial charge in [-0.25, -0.2) is 4.79 Å². The number of benzene rings is 2. The summed E-state index contributed by atoms with van der Waals surface area (Å²) in [7, 11) is 3.54. The van der Waals surface area contributed by atoms with Crippen LogP contribution in [0.4, 0.5) is 11.4 Å². The van der Waals surface area contributed by atoms with Crippen LogP contribution in [0.5, 0.6) is 5.75 Å². The third-order valence-electron chi connectivity index (χ3n) is 3.01. The number of carboxylic acid groups (broad SMARTS) is 1. The molecule has 0 aromatic heterocycles. The van der Waals surface area contributed by atoms with Crippen LogP contribution >= 0.6 is 15.9 Å². The molecule has 0 aliphatic carbocycles. The van der Waals surface area contributed by atoms with Crippen molar-refractivity contribution >= 4 is 33.3 Å². The van der Waals surface area contributed by atoms with E-state index in [4.69, 9.17) is 9.84 Å². The zero-order chi connectivity index (χ0) is 14.7. The minimum Gasteiger partial charge on any atom is -0.497 e. The van der Waals surface area contributed by atoms with E-state index in [9.17, 15) is 4.79 Å².